The van der Waals surface area contributed by atoms with E-state index in [0.717, 1.165) is 57.8 Å². The molecule has 0 aromatic heterocycles. The molecule has 45 heavy (non-hydrogen) atoms. The van der Waals surface area contributed by atoms with Gasteiger partial charge in [0.2, 0.25) is 0 Å². The van der Waals surface area contributed by atoms with Crippen molar-refractivity contribution in [2.24, 2.45) is 35.5 Å². The van der Waals surface area contributed by atoms with Gasteiger partial charge in [-0.15, -0.1) is 11.8 Å². The van der Waals surface area contributed by atoms with Crippen molar-refractivity contribution in [1.82, 2.24) is 0 Å². The zero-order valence-electron chi connectivity index (χ0n) is 30.8. The van der Waals surface area contributed by atoms with Crippen LogP contribution in [0.5, 0.6) is 0 Å². The Kier molecular flexibility index (Phi) is 8.98. The van der Waals surface area contributed by atoms with Crippen LogP contribution in [-0.2, 0) is 10.8 Å². The van der Waals surface area contributed by atoms with Crippen molar-refractivity contribution in [3.05, 3.63) is 75.7 Å². The van der Waals surface area contributed by atoms with Gasteiger partial charge in [-0.1, -0.05) is 137 Å². The highest BCUT2D eigenvalue weighted by Crippen LogP contribution is 2.69. The number of rotatable bonds is 5. The predicted octanol–water partition coefficient (Wildman–Crippen LogP) is 13.1. The first-order valence-corrected chi connectivity index (χ1v) is 22.6. The summed E-state index contributed by atoms with van der Waals surface area (Å²) < 4.78 is 0. The molecule has 0 nitrogen and oxygen atoms in total. The van der Waals surface area contributed by atoms with Crippen LogP contribution in [0.1, 0.15) is 130 Å². The van der Waals surface area contributed by atoms with E-state index in [1.54, 1.807) is 16.0 Å². The van der Waals surface area contributed by atoms with Gasteiger partial charge >= 0.3 is 0 Å². The van der Waals surface area contributed by atoms with Crippen LogP contribution in [0.3, 0.4) is 0 Å². The lowest BCUT2D eigenvalue weighted by Gasteiger charge is -2.48. The molecule has 0 saturated heterocycles. The maximum Gasteiger partial charge on any atom is 0.0556 e. The molecule has 0 amide bonds. The molecule has 2 aromatic rings. The molecule has 1 heterocycles. The van der Waals surface area contributed by atoms with Crippen molar-refractivity contribution in [3.8, 4) is 0 Å². The fourth-order valence-corrected chi connectivity index (χ4v) is 20.6. The molecule has 2 heteroatoms. The van der Waals surface area contributed by atoms with Crippen LogP contribution in [0.25, 0.3) is 5.57 Å². The summed E-state index contributed by atoms with van der Waals surface area (Å²) in [7, 11) is -1.63. The van der Waals surface area contributed by atoms with Crippen molar-refractivity contribution in [2.75, 3.05) is 0 Å². The Morgan fingerprint density at radius 3 is 1.87 bits per heavy atom. The van der Waals surface area contributed by atoms with Crippen LogP contribution in [-0.4, -0.2) is 13.3 Å². The standard InChI is InChI=1S/C43H64SSi/c1-26(2)35-25-37-38(30-18-22-32(23-19-30)43(8,9)10)28(4)44-39(37)41(35)45(11,12)40-27(3)24-36-33(14-13-15-34(36)40)29-16-20-31(21-17-29)42(5,6)7/h16-23,26-27,33-37,39-41H,13-15,24-25H2,1-12H3. The maximum atomic E-state index is 2.88. The normalized spacial score (nSPS) is 34.0. The Morgan fingerprint density at radius 2 is 1.31 bits per heavy atom. The Labute approximate surface area is 283 Å². The minimum absolute atomic E-state index is 0.204. The van der Waals surface area contributed by atoms with Gasteiger partial charge in [0.15, 0.2) is 0 Å². The molecule has 2 aromatic carbocycles. The van der Waals surface area contributed by atoms with Gasteiger partial charge in [-0.25, -0.2) is 0 Å². The fraction of sp³-hybridized carbons (Fsp3) is 0.674. The van der Waals surface area contributed by atoms with E-state index in [1.807, 2.05) is 0 Å². The minimum Gasteiger partial charge on any atom is -0.127 e. The number of hydrogen-bond acceptors (Lipinski definition) is 1. The third-order valence-corrected chi connectivity index (χ3v) is 20.4. The smallest absolute Gasteiger partial charge is 0.0556 e. The monoisotopic (exact) mass is 640 g/mol. The van der Waals surface area contributed by atoms with Crippen molar-refractivity contribution >= 4 is 25.4 Å². The summed E-state index contributed by atoms with van der Waals surface area (Å²) in [6, 6.07) is 19.7. The lowest BCUT2D eigenvalue weighted by Crippen LogP contribution is -2.48. The third kappa shape index (κ3) is 6.00. The SMILES string of the molecule is CC1=C(c2ccc(C(C)(C)C)cc2)C2CC(C(C)C)C([Si](C)(C)C3C(C)CC4C(c5ccc(C(C)(C)C)cc5)CCCC43)C2S1. The van der Waals surface area contributed by atoms with Crippen molar-refractivity contribution in [2.45, 2.75) is 148 Å². The van der Waals surface area contributed by atoms with Crippen LogP contribution in [0.2, 0.25) is 24.2 Å². The van der Waals surface area contributed by atoms with Gasteiger partial charge in [-0.2, -0.15) is 0 Å². The molecule has 4 aliphatic rings. The van der Waals surface area contributed by atoms with Gasteiger partial charge in [0, 0.05) is 5.25 Å². The average Bonchev–Trinajstić information content (AvgIpc) is 3.60. The van der Waals surface area contributed by atoms with Crippen molar-refractivity contribution in [1.29, 1.82) is 0 Å². The molecular weight excluding hydrogens is 577 g/mol. The summed E-state index contributed by atoms with van der Waals surface area (Å²) in [4.78, 5) is 1.62. The van der Waals surface area contributed by atoms with Crippen molar-refractivity contribution in [3.63, 3.8) is 0 Å². The Bertz CT molecular complexity index is 1380. The lowest BCUT2D eigenvalue weighted by molar-refractivity contribution is 0.235. The third-order valence-electron chi connectivity index (χ3n) is 13.5. The Balaban J connectivity index is 1.28. The average molecular weight is 641 g/mol. The van der Waals surface area contributed by atoms with Gasteiger partial charge in [-0.05, 0) is 122 Å². The number of fused-ring (bicyclic) bond motifs is 2. The summed E-state index contributed by atoms with van der Waals surface area (Å²) in [5, 5.41) is 0.784. The van der Waals surface area contributed by atoms with E-state index in [4.69, 9.17) is 0 Å². The first-order chi connectivity index (χ1) is 21.0. The zero-order chi connectivity index (χ0) is 32.6. The molecule has 9 unspecified atom stereocenters. The molecule has 0 bridgehead atoms. The van der Waals surface area contributed by atoms with E-state index in [1.165, 1.54) is 48.8 Å². The molecule has 6 rings (SSSR count). The quantitative estimate of drug-likeness (QED) is 0.293. The molecule has 3 fully saturated rings. The van der Waals surface area contributed by atoms with Crippen LogP contribution in [0.15, 0.2) is 53.4 Å². The molecule has 0 radical (unpaired) electrons. The molecule has 246 valence electrons. The highest BCUT2D eigenvalue weighted by molar-refractivity contribution is 8.04. The van der Waals surface area contributed by atoms with Crippen LogP contribution in [0.4, 0.5) is 0 Å². The van der Waals surface area contributed by atoms with Crippen LogP contribution >= 0.6 is 11.8 Å². The molecule has 0 spiro atoms. The van der Waals surface area contributed by atoms with E-state index < -0.39 is 8.07 Å². The van der Waals surface area contributed by atoms with Gasteiger partial charge < -0.3 is 0 Å². The molecule has 3 saturated carbocycles. The summed E-state index contributed by atoms with van der Waals surface area (Å²) in [6.45, 7) is 30.1. The predicted molar refractivity (Wildman–Crippen MR) is 203 cm³/mol. The number of allylic oxidation sites excluding steroid dienone is 2. The fourth-order valence-electron chi connectivity index (χ4n) is 11.5. The summed E-state index contributed by atoms with van der Waals surface area (Å²) in [5.41, 5.74) is 10.1. The number of benzene rings is 2. The zero-order valence-corrected chi connectivity index (χ0v) is 32.7. The first-order valence-electron chi connectivity index (χ1n) is 18.6. The summed E-state index contributed by atoms with van der Waals surface area (Å²) >= 11 is 2.31. The molecule has 0 N–H and O–H groups in total. The Hall–Kier alpha value is -1.25. The van der Waals surface area contributed by atoms with E-state index >= 15 is 0 Å². The largest absolute Gasteiger partial charge is 0.127 e. The second kappa shape index (κ2) is 12.0. The highest BCUT2D eigenvalue weighted by atomic mass is 32.2. The van der Waals surface area contributed by atoms with E-state index in [2.05, 4.69) is 143 Å². The van der Waals surface area contributed by atoms with E-state index in [-0.39, 0.29) is 10.8 Å². The van der Waals surface area contributed by atoms with Gasteiger partial charge in [0.05, 0.1) is 8.07 Å². The summed E-state index contributed by atoms with van der Waals surface area (Å²) in [5.74, 6) is 5.81. The highest BCUT2D eigenvalue weighted by Gasteiger charge is 2.61. The Morgan fingerprint density at radius 1 is 0.733 bits per heavy atom. The van der Waals surface area contributed by atoms with Crippen molar-refractivity contribution < 1.29 is 0 Å². The molecular formula is C43H64SSi. The topological polar surface area (TPSA) is 0 Å². The second-order valence-electron chi connectivity index (χ2n) is 19.0. The second-order valence-corrected chi connectivity index (χ2v) is 25.3. The van der Waals surface area contributed by atoms with Gasteiger partial charge in [0.25, 0.3) is 0 Å². The van der Waals surface area contributed by atoms with Gasteiger partial charge in [-0.3, -0.25) is 0 Å². The molecule has 9 atom stereocenters. The maximum absolute atomic E-state index is 2.88. The minimum atomic E-state index is -1.63. The lowest BCUT2D eigenvalue weighted by atomic mass is 9.70. The number of thioether (sulfide) groups is 1. The molecule has 1 aliphatic heterocycles. The van der Waals surface area contributed by atoms with Gasteiger partial charge in [0.1, 0.15) is 0 Å². The van der Waals surface area contributed by atoms with E-state index in [9.17, 15) is 0 Å². The van der Waals surface area contributed by atoms with Crippen LogP contribution < -0.4 is 0 Å². The van der Waals surface area contributed by atoms with E-state index in [0.29, 0.717) is 0 Å². The number of hydrogen-bond donors (Lipinski definition) is 0. The molecule has 3 aliphatic carbocycles. The first kappa shape index (κ1) is 33.6. The van der Waals surface area contributed by atoms with Crippen LogP contribution in [0, 0.1) is 35.5 Å². The summed E-state index contributed by atoms with van der Waals surface area (Å²) in [6.07, 6.45) is 7.17.